The number of thioether (sulfide) groups is 1. The van der Waals surface area contributed by atoms with Gasteiger partial charge in [0.15, 0.2) is 5.16 Å². The number of carbonyl (C=O) groups excluding carboxylic acids is 3. The van der Waals surface area contributed by atoms with Crippen LogP contribution in [0.1, 0.15) is 38.8 Å². The summed E-state index contributed by atoms with van der Waals surface area (Å²) in [7, 11) is 0. The predicted molar refractivity (Wildman–Crippen MR) is 103 cm³/mol. The molecule has 1 aromatic carbocycles. The maximum Gasteiger partial charge on any atom is 0.344 e. The molecule has 2 heterocycles. The summed E-state index contributed by atoms with van der Waals surface area (Å²) in [5.74, 6) is -0.992. The maximum absolute atomic E-state index is 13.0. The number of amides is 4. The van der Waals surface area contributed by atoms with Gasteiger partial charge in [0.2, 0.25) is 5.91 Å². The summed E-state index contributed by atoms with van der Waals surface area (Å²) in [5, 5.41) is 11.9. The number of benzene rings is 1. The van der Waals surface area contributed by atoms with Crippen LogP contribution in [0.2, 0.25) is 0 Å². The van der Waals surface area contributed by atoms with E-state index in [1.807, 2.05) is 31.4 Å². The van der Waals surface area contributed by atoms with E-state index < -0.39 is 23.4 Å². The first-order chi connectivity index (χ1) is 13.4. The number of imide groups is 1. The molecule has 0 bridgehead atoms. The minimum absolute atomic E-state index is 0.00701. The first-order valence-corrected chi connectivity index (χ1v) is 9.91. The van der Waals surface area contributed by atoms with Crippen molar-refractivity contribution in [2.45, 2.75) is 43.9 Å². The van der Waals surface area contributed by atoms with Crippen LogP contribution < -0.4 is 10.7 Å². The van der Waals surface area contributed by atoms with Crippen LogP contribution in [-0.4, -0.2) is 43.4 Å². The SMILES string of the molecule is CC[C@]1(c2ccccc2)NC(=O)N(NC(=O)CSc2nncn2C(C)C)C1=O. The highest BCUT2D eigenvalue weighted by atomic mass is 32.2. The normalized spacial score (nSPS) is 19.2. The van der Waals surface area contributed by atoms with Crippen LogP contribution in [0, 0.1) is 0 Å². The highest BCUT2D eigenvalue weighted by Gasteiger charge is 2.52. The molecule has 28 heavy (non-hydrogen) atoms. The molecule has 0 radical (unpaired) electrons. The van der Waals surface area contributed by atoms with Crippen molar-refractivity contribution >= 4 is 29.6 Å². The molecule has 0 spiro atoms. The fourth-order valence-electron chi connectivity index (χ4n) is 3.02. The number of aromatic nitrogens is 3. The lowest BCUT2D eigenvalue weighted by molar-refractivity contribution is -0.138. The van der Waals surface area contributed by atoms with Gasteiger partial charge in [0, 0.05) is 6.04 Å². The molecule has 3 rings (SSSR count). The molecule has 1 aromatic heterocycles. The third-order valence-corrected chi connectivity index (χ3v) is 5.51. The number of hydrogen-bond donors (Lipinski definition) is 2. The molecule has 9 nitrogen and oxygen atoms in total. The number of hydrazine groups is 1. The second-order valence-electron chi connectivity index (χ2n) is 6.63. The van der Waals surface area contributed by atoms with Gasteiger partial charge in [0.25, 0.3) is 5.91 Å². The molecule has 1 fully saturated rings. The Hall–Kier alpha value is -2.88. The van der Waals surface area contributed by atoms with E-state index in [0.29, 0.717) is 17.1 Å². The molecule has 0 unspecified atom stereocenters. The van der Waals surface area contributed by atoms with Gasteiger partial charge in [-0.25, -0.2) is 4.79 Å². The van der Waals surface area contributed by atoms with Gasteiger partial charge in [0.05, 0.1) is 5.75 Å². The van der Waals surface area contributed by atoms with Gasteiger partial charge < -0.3 is 9.88 Å². The molecule has 0 saturated carbocycles. The fraction of sp³-hybridized carbons (Fsp3) is 0.389. The number of hydrogen-bond acceptors (Lipinski definition) is 6. The average molecular weight is 402 g/mol. The molecule has 1 saturated heterocycles. The molecule has 1 aliphatic heterocycles. The second-order valence-corrected chi connectivity index (χ2v) is 7.58. The van der Waals surface area contributed by atoms with Crippen molar-refractivity contribution in [1.29, 1.82) is 0 Å². The summed E-state index contributed by atoms with van der Waals surface area (Å²) < 4.78 is 1.84. The molecular weight excluding hydrogens is 380 g/mol. The van der Waals surface area contributed by atoms with Crippen LogP contribution in [-0.2, 0) is 15.1 Å². The van der Waals surface area contributed by atoms with Gasteiger partial charge in [-0.2, -0.15) is 5.01 Å². The summed E-state index contributed by atoms with van der Waals surface area (Å²) in [6, 6.07) is 8.50. The van der Waals surface area contributed by atoms with Crippen LogP contribution >= 0.6 is 11.8 Å². The zero-order valence-corrected chi connectivity index (χ0v) is 16.7. The number of urea groups is 1. The van der Waals surface area contributed by atoms with Crippen LogP contribution in [0.5, 0.6) is 0 Å². The monoisotopic (exact) mass is 402 g/mol. The number of nitrogens with zero attached hydrogens (tertiary/aromatic N) is 4. The fourth-order valence-corrected chi connectivity index (χ4v) is 3.85. The second kappa shape index (κ2) is 8.01. The van der Waals surface area contributed by atoms with E-state index >= 15 is 0 Å². The highest BCUT2D eigenvalue weighted by molar-refractivity contribution is 7.99. The third kappa shape index (κ3) is 3.59. The van der Waals surface area contributed by atoms with Gasteiger partial charge in [-0.3, -0.25) is 15.0 Å². The van der Waals surface area contributed by atoms with E-state index in [4.69, 9.17) is 0 Å². The Labute approximate surface area is 166 Å². The standard InChI is InChI=1S/C18H22N6O3S/c1-4-18(13-8-6-5-7-9-13)15(26)24(16(27)20-18)22-14(25)10-28-17-21-19-11-23(17)12(2)3/h5-9,11-12H,4,10H2,1-3H3,(H,20,27)(H,22,25)/t18-/m1/s1. The van der Waals surface area contributed by atoms with E-state index in [0.717, 1.165) is 5.01 Å². The molecule has 1 aliphatic rings. The average Bonchev–Trinajstić information content (AvgIpc) is 3.26. The molecule has 1 atom stereocenters. The Morgan fingerprint density at radius 3 is 2.64 bits per heavy atom. The molecule has 2 aromatic rings. The quantitative estimate of drug-likeness (QED) is 0.540. The number of nitrogens with one attached hydrogen (secondary N) is 2. The summed E-state index contributed by atoms with van der Waals surface area (Å²) in [6.45, 7) is 5.77. The Balaban J connectivity index is 1.69. The maximum atomic E-state index is 13.0. The summed E-state index contributed by atoms with van der Waals surface area (Å²) in [5.41, 5.74) is 1.89. The van der Waals surface area contributed by atoms with E-state index in [2.05, 4.69) is 20.9 Å². The Morgan fingerprint density at radius 1 is 1.29 bits per heavy atom. The zero-order valence-electron chi connectivity index (χ0n) is 15.9. The van der Waals surface area contributed by atoms with Crippen molar-refractivity contribution in [1.82, 2.24) is 30.5 Å². The Morgan fingerprint density at radius 2 is 2.00 bits per heavy atom. The van der Waals surface area contributed by atoms with Crippen LogP contribution in [0.25, 0.3) is 0 Å². The zero-order chi connectivity index (χ0) is 20.3. The molecule has 4 amide bonds. The Bertz CT molecular complexity index is 884. The van der Waals surface area contributed by atoms with E-state index in [1.54, 1.807) is 30.6 Å². The van der Waals surface area contributed by atoms with Crippen LogP contribution in [0.15, 0.2) is 41.8 Å². The van der Waals surface area contributed by atoms with Gasteiger partial charge in [-0.05, 0) is 25.8 Å². The lowest BCUT2D eigenvalue weighted by atomic mass is 9.87. The van der Waals surface area contributed by atoms with Crippen molar-refractivity contribution in [3.05, 3.63) is 42.2 Å². The molecular formula is C18H22N6O3S. The number of rotatable bonds is 7. The minimum atomic E-state index is -1.18. The molecule has 2 N–H and O–H groups in total. The molecule has 148 valence electrons. The molecule has 0 aliphatic carbocycles. The lowest BCUT2D eigenvalue weighted by Crippen LogP contribution is -2.49. The lowest BCUT2D eigenvalue weighted by Gasteiger charge is -2.25. The van der Waals surface area contributed by atoms with E-state index in [-0.39, 0.29) is 11.8 Å². The van der Waals surface area contributed by atoms with Gasteiger partial charge in [0.1, 0.15) is 11.9 Å². The van der Waals surface area contributed by atoms with Crippen LogP contribution in [0.3, 0.4) is 0 Å². The van der Waals surface area contributed by atoms with E-state index in [9.17, 15) is 14.4 Å². The van der Waals surface area contributed by atoms with Crippen molar-refractivity contribution in [3.63, 3.8) is 0 Å². The topological polar surface area (TPSA) is 109 Å². The van der Waals surface area contributed by atoms with Crippen molar-refractivity contribution in [2.24, 2.45) is 0 Å². The van der Waals surface area contributed by atoms with Crippen molar-refractivity contribution in [2.75, 3.05) is 5.75 Å². The smallest absolute Gasteiger partial charge is 0.318 e. The predicted octanol–water partition coefficient (Wildman–Crippen LogP) is 1.84. The van der Waals surface area contributed by atoms with E-state index in [1.165, 1.54) is 11.8 Å². The van der Waals surface area contributed by atoms with Gasteiger partial charge in [-0.1, -0.05) is 49.0 Å². The molecule has 10 heteroatoms. The van der Waals surface area contributed by atoms with Gasteiger partial charge >= 0.3 is 6.03 Å². The van der Waals surface area contributed by atoms with Crippen molar-refractivity contribution in [3.8, 4) is 0 Å². The third-order valence-electron chi connectivity index (χ3n) is 4.55. The first-order valence-electron chi connectivity index (χ1n) is 8.93. The summed E-state index contributed by atoms with van der Waals surface area (Å²) in [6.07, 6.45) is 1.96. The minimum Gasteiger partial charge on any atom is -0.318 e. The largest absolute Gasteiger partial charge is 0.344 e. The first kappa shape index (κ1) is 19.9. The van der Waals surface area contributed by atoms with Crippen LogP contribution in [0.4, 0.5) is 4.79 Å². The Kier molecular flexibility index (Phi) is 5.68. The highest BCUT2D eigenvalue weighted by Crippen LogP contribution is 2.31. The summed E-state index contributed by atoms with van der Waals surface area (Å²) >= 11 is 1.19. The summed E-state index contributed by atoms with van der Waals surface area (Å²) in [4.78, 5) is 37.7. The van der Waals surface area contributed by atoms with Crippen molar-refractivity contribution < 1.29 is 14.4 Å². The number of carbonyl (C=O) groups is 3. The van der Waals surface area contributed by atoms with Gasteiger partial charge in [-0.15, -0.1) is 10.2 Å².